The highest BCUT2D eigenvalue weighted by atomic mass is 32.1. The Balaban J connectivity index is 1.21. The van der Waals surface area contributed by atoms with Gasteiger partial charge in [-0.1, -0.05) is 166 Å². The van der Waals surface area contributed by atoms with Crippen LogP contribution in [0.3, 0.4) is 0 Å². The first kappa shape index (κ1) is 40.0. The molecule has 10 aromatic rings. The molecule has 1 aliphatic heterocycles. The molecule has 66 heavy (non-hydrogen) atoms. The molecule has 1 N–H and O–H groups in total. The lowest BCUT2D eigenvalue weighted by Gasteiger charge is -2.30. The Hall–Kier alpha value is -6.36. The second kappa shape index (κ2) is 13.2. The minimum Gasteiger partial charge on any atom is -0.355 e. The van der Waals surface area contributed by atoms with Crippen molar-refractivity contribution in [3.63, 3.8) is 0 Å². The predicted molar refractivity (Wildman–Crippen MR) is 288 cm³/mol. The third-order valence-electron chi connectivity index (χ3n) is 15.9. The molecule has 0 fully saturated rings. The Labute approximate surface area is 393 Å². The summed E-state index contributed by atoms with van der Waals surface area (Å²) in [5.41, 5.74) is 25.2. The molecular formula is C62H55BN2S. The molecule has 2 aromatic heterocycles. The van der Waals surface area contributed by atoms with Gasteiger partial charge in [-0.2, -0.15) is 0 Å². The van der Waals surface area contributed by atoms with Gasteiger partial charge in [0, 0.05) is 69.9 Å². The number of hydrogen-bond donors (Lipinski definition) is 1. The van der Waals surface area contributed by atoms with Gasteiger partial charge in [-0.3, -0.25) is 0 Å². The smallest absolute Gasteiger partial charge is 0.198 e. The Morgan fingerprint density at radius 1 is 0.530 bits per heavy atom. The van der Waals surface area contributed by atoms with Crippen LogP contribution in [0.15, 0.2) is 140 Å². The minimum absolute atomic E-state index is 0.00782. The van der Waals surface area contributed by atoms with Gasteiger partial charge in [0.1, 0.15) is 0 Å². The van der Waals surface area contributed by atoms with Crippen LogP contribution in [0.5, 0.6) is 0 Å². The molecule has 2 nitrogen and oxygen atoms in total. The molecule has 13 rings (SSSR count). The SMILES string of the molecule is CC(C)(C)c1ccc(Nc2cc3sc4ccccc4c3cc2-c2c3c(c4c5cc(C(C)(C)C)ccc5n5c4c2Bc2cc4c(cc2-5)C(C)(C)c2ccccc2-4)C(C)(C)c2ccccc2-3)cc1. The van der Waals surface area contributed by atoms with Crippen molar-refractivity contribution in [1.29, 1.82) is 0 Å². The molecule has 4 heteroatoms. The molecule has 0 saturated heterocycles. The molecule has 0 radical (unpaired) electrons. The summed E-state index contributed by atoms with van der Waals surface area (Å²) in [5, 5.41) is 9.48. The average Bonchev–Trinajstić information content (AvgIpc) is 3.96. The van der Waals surface area contributed by atoms with E-state index in [1.165, 1.54) is 125 Å². The highest BCUT2D eigenvalue weighted by Crippen LogP contribution is 2.58. The fourth-order valence-electron chi connectivity index (χ4n) is 12.4. The first-order valence-electron chi connectivity index (χ1n) is 23.9. The second-order valence-electron chi connectivity index (χ2n) is 22.6. The molecule has 0 saturated carbocycles. The lowest BCUT2D eigenvalue weighted by atomic mass is 9.57. The van der Waals surface area contributed by atoms with Gasteiger partial charge in [-0.15, -0.1) is 11.3 Å². The second-order valence-corrected chi connectivity index (χ2v) is 23.7. The maximum absolute atomic E-state index is 4.08. The summed E-state index contributed by atoms with van der Waals surface area (Å²) in [6.45, 7) is 23.7. The van der Waals surface area contributed by atoms with E-state index in [1.807, 2.05) is 11.3 Å². The Kier molecular flexibility index (Phi) is 7.97. The summed E-state index contributed by atoms with van der Waals surface area (Å²) >= 11 is 1.89. The highest BCUT2D eigenvalue weighted by molar-refractivity contribution is 7.25. The fourth-order valence-corrected chi connectivity index (χ4v) is 13.5. The summed E-state index contributed by atoms with van der Waals surface area (Å²) in [4.78, 5) is 0. The van der Waals surface area contributed by atoms with E-state index in [1.54, 1.807) is 0 Å². The minimum atomic E-state index is -0.256. The van der Waals surface area contributed by atoms with Gasteiger partial charge in [0.2, 0.25) is 0 Å². The van der Waals surface area contributed by atoms with Gasteiger partial charge in [-0.05, 0) is 126 Å². The molecular weight excluding hydrogens is 816 g/mol. The average molecular weight is 871 g/mol. The van der Waals surface area contributed by atoms with E-state index in [0.717, 1.165) is 18.7 Å². The van der Waals surface area contributed by atoms with Crippen LogP contribution in [0.1, 0.15) is 103 Å². The standard InChI is InChI=1S/C62H55BN2S/c1-59(2,3)34-23-26-36(27-24-34)64-48-33-52-41(38-18-13-16-22-51(38)66-52)30-42(48)54-53-39-19-12-15-21-45(39)62(9,10)56(53)55-43-29-35(60(4,5)6)25-28-49(43)65-50-32-46-40(31-47(50)63-57(54)58(55)65)37-17-11-14-20-44(37)61(46,7)8/h11-33,63-64H,1-10H3. The van der Waals surface area contributed by atoms with Gasteiger partial charge >= 0.3 is 0 Å². The zero-order chi connectivity index (χ0) is 45.4. The molecule has 0 atom stereocenters. The maximum Gasteiger partial charge on any atom is 0.198 e. The Morgan fingerprint density at radius 2 is 1.20 bits per heavy atom. The molecule has 0 unspecified atom stereocenters. The van der Waals surface area contributed by atoms with Gasteiger partial charge in [0.25, 0.3) is 0 Å². The Bertz CT molecular complexity index is 3770. The van der Waals surface area contributed by atoms with E-state index in [2.05, 4.69) is 219 Å². The predicted octanol–water partition coefficient (Wildman–Crippen LogP) is 15.5. The highest BCUT2D eigenvalue weighted by Gasteiger charge is 2.44. The van der Waals surface area contributed by atoms with E-state index in [9.17, 15) is 0 Å². The molecule has 0 amide bonds. The van der Waals surface area contributed by atoms with Crippen molar-refractivity contribution in [1.82, 2.24) is 4.57 Å². The number of fused-ring (bicyclic) bond motifs is 15. The van der Waals surface area contributed by atoms with E-state index in [4.69, 9.17) is 0 Å². The van der Waals surface area contributed by atoms with E-state index < -0.39 is 0 Å². The van der Waals surface area contributed by atoms with Crippen LogP contribution in [-0.2, 0) is 21.7 Å². The number of anilines is 2. The molecule has 0 spiro atoms. The van der Waals surface area contributed by atoms with Crippen LogP contribution < -0.4 is 16.2 Å². The Morgan fingerprint density at radius 3 is 1.94 bits per heavy atom. The number of nitrogens with zero attached hydrogens (tertiary/aromatic N) is 1. The zero-order valence-corrected chi connectivity index (χ0v) is 40.7. The van der Waals surface area contributed by atoms with Crippen LogP contribution in [-0.4, -0.2) is 11.8 Å². The van der Waals surface area contributed by atoms with Gasteiger partial charge in [-0.25, -0.2) is 0 Å². The third kappa shape index (κ3) is 5.37. The largest absolute Gasteiger partial charge is 0.355 e. The maximum atomic E-state index is 4.08. The number of aromatic nitrogens is 1. The molecule has 3 heterocycles. The molecule has 8 aromatic carbocycles. The van der Waals surface area contributed by atoms with Crippen LogP contribution in [0.25, 0.3) is 81.0 Å². The number of thiophene rings is 1. The van der Waals surface area contributed by atoms with Crippen molar-refractivity contribution in [3.8, 4) is 39.1 Å². The fraction of sp³-hybridized carbons (Fsp3) is 0.226. The van der Waals surface area contributed by atoms with Gasteiger partial charge < -0.3 is 9.88 Å². The number of nitrogens with one attached hydrogen (secondary N) is 1. The monoisotopic (exact) mass is 870 g/mol. The normalized spacial score (nSPS) is 15.2. The van der Waals surface area contributed by atoms with Crippen molar-refractivity contribution in [3.05, 3.63) is 173 Å². The topological polar surface area (TPSA) is 17.0 Å². The summed E-state index contributed by atoms with van der Waals surface area (Å²) < 4.78 is 5.32. The number of benzene rings is 8. The van der Waals surface area contributed by atoms with Gasteiger partial charge in [0.15, 0.2) is 7.28 Å². The van der Waals surface area contributed by atoms with Crippen molar-refractivity contribution in [2.24, 2.45) is 0 Å². The van der Waals surface area contributed by atoms with Crippen molar-refractivity contribution >= 4 is 82.9 Å². The summed E-state index contributed by atoms with van der Waals surface area (Å²) in [6.07, 6.45) is 0. The number of hydrogen-bond acceptors (Lipinski definition) is 2. The quantitative estimate of drug-likeness (QED) is 0.175. The summed E-state index contributed by atoms with van der Waals surface area (Å²) in [5.74, 6) is 0. The van der Waals surface area contributed by atoms with Crippen LogP contribution in [0, 0.1) is 0 Å². The first-order chi connectivity index (χ1) is 31.5. The number of rotatable bonds is 3. The summed E-state index contributed by atoms with van der Waals surface area (Å²) in [7, 11) is 0.831. The van der Waals surface area contributed by atoms with E-state index >= 15 is 0 Å². The molecule has 0 bridgehead atoms. The third-order valence-corrected chi connectivity index (χ3v) is 17.0. The van der Waals surface area contributed by atoms with Crippen LogP contribution in [0.4, 0.5) is 11.4 Å². The van der Waals surface area contributed by atoms with Crippen molar-refractivity contribution in [2.75, 3.05) is 5.32 Å². The lowest BCUT2D eigenvalue weighted by molar-refractivity contribution is 0.590. The summed E-state index contributed by atoms with van der Waals surface area (Å²) in [6, 6.07) is 54.1. The molecule has 2 aliphatic carbocycles. The van der Waals surface area contributed by atoms with E-state index in [0.29, 0.717) is 0 Å². The van der Waals surface area contributed by atoms with Crippen LogP contribution >= 0.6 is 11.3 Å². The van der Waals surface area contributed by atoms with Gasteiger partial charge in [0.05, 0.1) is 5.52 Å². The molecule has 3 aliphatic rings. The zero-order valence-electron chi connectivity index (χ0n) is 39.8. The van der Waals surface area contributed by atoms with E-state index in [-0.39, 0.29) is 21.7 Å². The molecule has 322 valence electrons. The van der Waals surface area contributed by atoms with Crippen LogP contribution in [0.2, 0.25) is 0 Å². The van der Waals surface area contributed by atoms with Crippen molar-refractivity contribution < 1.29 is 0 Å². The lowest BCUT2D eigenvalue weighted by Crippen LogP contribution is -2.38. The first-order valence-corrected chi connectivity index (χ1v) is 24.7. The van der Waals surface area contributed by atoms with Crippen molar-refractivity contribution in [2.45, 2.75) is 90.9 Å².